The average molecular weight is 321 g/mol. The molecular formula is C9H12IN3O2. The van der Waals surface area contributed by atoms with Gasteiger partial charge < -0.3 is 15.0 Å². The largest absolute Gasteiger partial charge is 0.381 e. The molecule has 0 radical (unpaired) electrons. The highest BCUT2D eigenvalue weighted by Crippen LogP contribution is 2.14. The van der Waals surface area contributed by atoms with Crippen molar-refractivity contribution in [3.8, 4) is 0 Å². The molecule has 2 N–H and O–H groups in total. The normalized spacial score (nSPS) is 20.5. The minimum Gasteiger partial charge on any atom is -0.381 e. The first-order chi connectivity index (χ1) is 7.27. The summed E-state index contributed by atoms with van der Waals surface area (Å²) in [5.74, 6) is 1.19. The van der Waals surface area contributed by atoms with Crippen LogP contribution in [0.1, 0.15) is 6.42 Å². The molecule has 1 saturated heterocycles. The van der Waals surface area contributed by atoms with Crippen molar-refractivity contribution in [1.82, 2.24) is 9.97 Å². The van der Waals surface area contributed by atoms with Gasteiger partial charge in [-0.2, -0.15) is 0 Å². The van der Waals surface area contributed by atoms with Crippen LogP contribution in [0.4, 0.5) is 5.82 Å². The molecule has 1 fully saturated rings. The Kier molecular flexibility index (Phi) is 3.57. The van der Waals surface area contributed by atoms with Crippen molar-refractivity contribution in [3.63, 3.8) is 0 Å². The van der Waals surface area contributed by atoms with Gasteiger partial charge in [-0.25, -0.2) is 4.98 Å². The monoisotopic (exact) mass is 321 g/mol. The van der Waals surface area contributed by atoms with Crippen molar-refractivity contribution < 1.29 is 4.74 Å². The number of H-pyrrole nitrogens is 1. The molecule has 1 unspecified atom stereocenters. The number of nitrogens with zero attached hydrogens (tertiary/aromatic N) is 1. The van der Waals surface area contributed by atoms with Crippen LogP contribution in [-0.2, 0) is 4.74 Å². The maximum Gasteiger partial charge on any atom is 0.266 e. The SMILES string of the molecule is O=c1[nH]cnc(NCC2CCOC2)c1I. The molecule has 1 aromatic rings. The first-order valence-corrected chi connectivity index (χ1v) is 5.90. The fourth-order valence-electron chi connectivity index (χ4n) is 1.49. The van der Waals surface area contributed by atoms with E-state index in [0.717, 1.165) is 26.2 Å². The van der Waals surface area contributed by atoms with Gasteiger partial charge in [-0.05, 0) is 29.0 Å². The zero-order chi connectivity index (χ0) is 10.7. The maximum absolute atomic E-state index is 11.3. The minimum absolute atomic E-state index is 0.101. The Hall–Kier alpha value is -0.630. The second-order valence-electron chi connectivity index (χ2n) is 3.50. The predicted molar refractivity (Wildman–Crippen MR) is 65.0 cm³/mol. The summed E-state index contributed by atoms with van der Waals surface area (Å²) in [6, 6.07) is 0. The van der Waals surface area contributed by atoms with E-state index in [0.29, 0.717) is 15.3 Å². The van der Waals surface area contributed by atoms with Gasteiger partial charge in [0.25, 0.3) is 5.56 Å². The highest BCUT2D eigenvalue weighted by Gasteiger charge is 2.16. The van der Waals surface area contributed by atoms with Crippen molar-refractivity contribution in [2.24, 2.45) is 5.92 Å². The molecule has 0 spiro atoms. The molecular weight excluding hydrogens is 309 g/mol. The highest BCUT2D eigenvalue weighted by atomic mass is 127. The number of rotatable bonds is 3. The van der Waals surface area contributed by atoms with E-state index in [1.807, 2.05) is 22.6 Å². The lowest BCUT2D eigenvalue weighted by atomic mass is 10.1. The van der Waals surface area contributed by atoms with E-state index in [9.17, 15) is 4.79 Å². The molecule has 0 aliphatic carbocycles. The molecule has 2 heterocycles. The molecule has 1 atom stereocenters. The van der Waals surface area contributed by atoms with E-state index in [4.69, 9.17) is 4.74 Å². The molecule has 1 aromatic heterocycles. The zero-order valence-electron chi connectivity index (χ0n) is 8.12. The molecule has 2 rings (SSSR count). The van der Waals surface area contributed by atoms with Gasteiger partial charge in [-0.15, -0.1) is 0 Å². The summed E-state index contributed by atoms with van der Waals surface area (Å²) in [6.07, 6.45) is 2.49. The minimum atomic E-state index is -0.101. The Balaban J connectivity index is 1.98. The Morgan fingerprint density at radius 1 is 1.73 bits per heavy atom. The van der Waals surface area contributed by atoms with E-state index in [1.54, 1.807) is 0 Å². The fourth-order valence-corrected chi connectivity index (χ4v) is 1.98. The summed E-state index contributed by atoms with van der Waals surface area (Å²) in [5, 5.41) is 3.18. The highest BCUT2D eigenvalue weighted by molar-refractivity contribution is 14.1. The van der Waals surface area contributed by atoms with Crippen molar-refractivity contribution in [2.75, 3.05) is 25.1 Å². The molecule has 1 aliphatic heterocycles. The van der Waals surface area contributed by atoms with Gasteiger partial charge in [0.2, 0.25) is 0 Å². The lowest BCUT2D eigenvalue weighted by molar-refractivity contribution is 0.187. The van der Waals surface area contributed by atoms with Gasteiger partial charge >= 0.3 is 0 Å². The summed E-state index contributed by atoms with van der Waals surface area (Å²) in [6.45, 7) is 2.45. The molecule has 82 valence electrons. The van der Waals surface area contributed by atoms with Gasteiger partial charge in [0.15, 0.2) is 0 Å². The van der Waals surface area contributed by atoms with Crippen LogP contribution >= 0.6 is 22.6 Å². The van der Waals surface area contributed by atoms with Crippen molar-refractivity contribution >= 4 is 28.4 Å². The molecule has 0 aromatic carbocycles. The Labute approximate surface area is 101 Å². The third-order valence-corrected chi connectivity index (χ3v) is 3.38. The number of halogens is 1. The summed E-state index contributed by atoms with van der Waals surface area (Å²) < 4.78 is 5.87. The van der Waals surface area contributed by atoms with Crippen LogP contribution in [0.3, 0.4) is 0 Å². The van der Waals surface area contributed by atoms with Gasteiger partial charge in [0.05, 0.1) is 12.9 Å². The zero-order valence-corrected chi connectivity index (χ0v) is 10.3. The lowest BCUT2D eigenvalue weighted by Crippen LogP contribution is -2.19. The molecule has 0 bridgehead atoms. The molecule has 15 heavy (non-hydrogen) atoms. The Morgan fingerprint density at radius 3 is 3.33 bits per heavy atom. The van der Waals surface area contributed by atoms with Crippen LogP contribution in [0.5, 0.6) is 0 Å². The fraction of sp³-hybridized carbons (Fsp3) is 0.556. The number of aromatic nitrogens is 2. The third kappa shape index (κ3) is 2.69. The van der Waals surface area contributed by atoms with Crippen LogP contribution < -0.4 is 10.9 Å². The van der Waals surface area contributed by atoms with E-state index in [2.05, 4.69) is 15.3 Å². The number of aromatic amines is 1. The van der Waals surface area contributed by atoms with E-state index in [-0.39, 0.29) is 5.56 Å². The van der Waals surface area contributed by atoms with Crippen LogP contribution in [0.25, 0.3) is 0 Å². The molecule has 1 aliphatic rings. The summed E-state index contributed by atoms with van der Waals surface area (Å²) in [4.78, 5) is 17.9. The van der Waals surface area contributed by atoms with Crippen LogP contribution in [0.2, 0.25) is 0 Å². The maximum atomic E-state index is 11.3. The summed E-state index contributed by atoms with van der Waals surface area (Å²) >= 11 is 1.99. The number of anilines is 1. The van der Waals surface area contributed by atoms with E-state index in [1.165, 1.54) is 6.33 Å². The van der Waals surface area contributed by atoms with Gasteiger partial charge in [0, 0.05) is 19.1 Å². The average Bonchev–Trinajstić information content (AvgIpc) is 2.73. The molecule has 6 heteroatoms. The first kappa shape index (κ1) is 10.9. The molecule has 0 saturated carbocycles. The standard InChI is InChI=1S/C9H12IN3O2/c10-7-8(12-5-13-9(7)14)11-3-6-1-2-15-4-6/h5-6H,1-4H2,(H2,11,12,13,14). The topological polar surface area (TPSA) is 67.0 Å². The number of hydrogen-bond donors (Lipinski definition) is 2. The van der Waals surface area contributed by atoms with Gasteiger partial charge in [0.1, 0.15) is 9.39 Å². The predicted octanol–water partition coefficient (Wildman–Crippen LogP) is 0.823. The summed E-state index contributed by atoms with van der Waals surface area (Å²) in [7, 11) is 0. The number of hydrogen-bond acceptors (Lipinski definition) is 4. The first-order valence-electron chi connectivity index (χ1n) is 4.82. The quantitative estimate of drug-likeness (QED) is 0.809. The van der Waals surface area contributed by atoms with Crippen LogP contribution in [-0.4, -0.2) is 29.7 Å². The third-order valence-electron chi connectivity index (χ3n) is 2.38. The van der Waals surface area contributed by atoms with E-state index < -0.39 is 0 Å². The molecule has 5 nitrogen and oxygen atoms in total. The van der Waals surface area contributed by atoms with Crippen LogP contribution in [0.15, 0.2) is 11.1 Å². The van der Waals surface area contributed by atoms with E-state index >= 15 is 0 Å². The second-order valence-corrected chi connectivity index (χ2v) is 4.58. The van der Waals surface area contributed by atoms with Crippen molar-refractivity contribution in [1.29, 1.82) is 0 Å². The number of nitrogens with one attached hydrogen (secondary N) is 2. The second kappa shape index (κ2) is 4.93. The Bertz CT molecular complexity index is 387. The van der Waals surface area contributed by atoms with Crippen molar-refractivity contribution in [3.05, 3.63) is 20.3 Å². The number of ether oxygens (including phenoxy) is 1. The van der Waals surface area contributed by atoms with Crippen molar-refractivity contribution in [2.45, 2.75) is 6.42 Å². The lowest BCUT2D eigenvalue weighted by Gasteiger charge is -2.10. The van der Waals surface area contributed by atoms with Gasteiger partial charge in [-0.1, -0.05) is 0 Å². The summed E-state index contributed by atoms with van der Waals surface area (Å²) in [5.41, 5.74) is -0.101. The smallest absolute Gasteiger partial charge is 0.266 e. The van der Waals surface area contributed by atoms with Gasteiger partial charge in [-0.3, -0.25) is 4.79 Å². The molecule has 0 amide bonds. The van der Waals surface area contributed by atoms with Crippen LogP contribution in [0, 0.1) is 9.49 Å². The Morgan fingerprint density at radius 2 is 2.60 bits per heavy atom.